The van der Waals surface area contributed by atoms with Crippen LogP contribution in [0.15, 0.2) is 18.2 Å². The van der Waals surface area contributed by atoms with Gasteiger partial charge in [0.1, 0.15) is 5.82 Å². The lowest BCUT2D eigenvalue weighted by Gasteiger charge is -2.18. The average Bonchev–Trinajstić information content (AvgIpc) is 2.15. The van der Waals surface area contributed by atoms with Crippen molar-refractivity contribution < 1.29 is 22.7 Å². The van der Waals surface area contributed by atoms with Gasteiger partial charge in [0.15, 0.2) is 0 Å². The summed E-state index contributed by atoms with van der Waals surface area (Å²) in [6.45, 7) is -0.352. The maximum Gasteiger partial charge on any atom is 0.419 e. The number of aliphatic hydroxyl groups excluding tert-OH is 1. The van der Waals surface area contributed by atoms with Crippen molar-refractivity contribution in [1.29, 1.82) is 0 Å². The predicted molar refractivity (Wildman–Crippen MR) is 57.3 cm³/mol. The lowest BCUT2D eigenvalue weighted by Crippen LogP contribution is -2.20. The van der Waals surface area contributed by atoms with Crippen LogP contribution in [0.2, 0.25) is 0 Å². The first-order chi connectivity index (χ1) is 7.38. The molecule has 1 aromatic carbocycles. The van der Waals surface area contributed by atoms with E-state index in [1.54, 1.807) is 0 Å². The molecule has 1 aromatic rings. The van der Waals surface area contributed by atoms with Gasteiger partial charge in [-0.05, 0) is 18.1 Å². The van der Waals surface area contributed by atoms with E-state index in [4.69, 9.17) is 10.8 Å². The minimum atomic E-state index is -4.78. The zero-order valence-corrected chi connectivity index (χ0v) is 9.48. The van der Waals surface area contributed by atoms with Crippen molar-refractivity contribution in [3.63, 3.8) is 0 Å². The molecule has 1 rings (SSSR count). The fourth-order valence-corrected chi connectivity index (χ4v) is 1.44. The van der Waals surface area contributed by atoms with Gasteiger partial charge in [-0.1, -0.05) is 12.1 Å². The van der Waals surface area contributed by atoms with E-state index in [2.05, 4.69) is 0 Å². The number of hydrogen-bond acceptors (Lipinski definition) is 2. The summed E-state index contributed by atoms with van der Waals surface area (Å²) >= 11 is 0. The molecular weight excluding hydrogens is 262 g/mol. The van der Waals surface area contributed by atoms with E-state index >= 15 is 0 Å². The van der Waals surface area contributed by atoms with Crippen LogP contribution in [0.4, 0.5) is 17.6 Å². The van der Waals surface area contributed by atoms with Crippen LogP contribution in [0, 0.1) is 5.82 Å². The number of rotatable bonds is 3. The number of benzene rings is 1. The zero-order valence-electron chi connectivity index (χ0n) is 8.67. The number of halogens is 5. The molecule has 0 radical (unpaired) electrons. The van der Waals surface area contributed by atoms with Gasteiger partial charge in [0.2, 0.25) is 0 Å². The highest BCUT2D eigenvalue weighted by molar-refractivity contribution is 5.85. The van der Waals surface area contributed by atoms with E-state index in [1.165, 1.54) is 0 Å². The van der Waals surface area contributed by atoms with Gasteiger partial charge in [0.25, 0.3) is 0 Å². The van der Waals surface area contributed by atoms with Crippen molar-refractivity contribution in [2.75, 3.05) is 6.61 Å². The van der Waals surface area contributed by atoms with E-state index in [0.29, 0.717) is 0 Å². The number of nitrogens with two attached hydrogens (primary N) is 1. The van der Waals surface area contributed by atoms with E-state index < -0.39 is 23.6 Å². The van der Waals surface area contributed by atoms with Crippen molar-refractivity contribution in [1.82, 2.24) is 0 Å². The van der Waals surface area contributed by atoms with E-state index in [9.17, 15) is 17.6 Å². The molecule has 7 heteroatoms. The molecule has 0 spiro atoms. The van der Waals surface area contributed by atoms with Crippen LogP contribution in [-0.2, 0) is 6.18 Å². The Morgan fingerprint density at radius 3 is 2.35 bits per heavy atom. The van der Waals surface area contributed by atoms with Gasteiger partial charge in [0.05, 0.1) is 5.56 Å². The summed E-state index contributed by atoms with van der Waals surface area (Å²) in [6, 6.07) is 1.98. The van der Waals surface area contributed by atoms with Crippen LogP contribution in [0.3, 0.4) is 0 Å². The summed E-state index contributed by atoms with van der Waals surface area (Å²) in [6.07, 6.45) is -4.83. The summed E-state index contributed by atoms with van der Waals surface area (Å²) in [5.41, 5.74) is 3.76. The second kappa shape index (κ2) is 6.18. The molecule has 0 unspecified atom stereocenters. The van der Waals surface area contributed by atoms with Crippen LogP contribution in [0.25, 0.3) is 0 Å². The first-order valence-corrected chi connectivity index (χ1v) is 4.60. The maximum absolute atomic E-state index is 13.1. The van der Waals surface area contributed by atoms with Crippen LogP contribution in [-0.4, -0.2) is 11.7 Å². The topological polar surface area (TPSA) is 46.2 Å². The fourth-order valence-electron chi connectivity index (χ4n) is 1.44. The summed E-state index contributed by atoms with van der Waals surface area (Å²) in [5, 5.41) is 8.61. The second-order valence-electron chi connectivity index (χ2n) is 3.32. The molecule has 0 aromatic heterocycles. The molecule has 0 saturated carbocycles. The first-order valence-electron chi connectivity index (χ1n) is 4.60. The Labute approximate surface area is 102 Å². The molecule has 0 saturated heterocycles. The Morgan fingerprint density at radius 1 is 1.29 bits per heavy atom. The van der Waals surface area contributed by atoms with Gasteiger partial charge >= 0.3 is 6.18 Å². The average molecular weight is 274 g/mol. The van der Waals surface area contributed by atoms with Crippen molar-refractivity contribution in [3.05, 3.63) is 35.1 Å². The van der Waals surface area contributed by atoms with Crippen molar-refractivity contribution in [2.24, 2.45) is 5.73 Å². The number of aliphatic hydroxyl groups is 1. The standard InChI is InChI=1S/C10H11F4NO.ClH/c11-7-3-1-2-6(8(15)4-5-16)9(7)10(12,13)14;/h1-3,8,16H,4-5,15H2;1H/t8-;/m0./s1. The van der Waals surface area contributed by atoms with Crippen molar-refractivity contribution in [3.8, 4) is 0 Å². The Morgan fingerprint density at radius 2 is 1.88 bits per heavy atom. The van der Waals surface area contributed by atoms with Crippen LogP contribution >= 0.6 is 12.4 Å². The lowest BCUT2D eigenvalue weighted by molar-refractivity contribution is -0.140. The molecular formula is C10H12ClF4NO. The third-order valence-corrected chi connectivity index (χ3v) is 2.17. The third-order valence-electron chi connectivity index (χ3n) is 2.17. The highest BCUT2D eigenvalue weighted by atomic mass is 35.5. The molecule has 1 atom stereocenters. The van der Waals surface area contributed by atoms with Crippen molar-refractivity contribution in [2.45, 2.75) is 18.6 Å². The Bertz CT molecular complexity index is 370. The van der Waals surface area contributed by atoms with Gasteiger partial charge in [0, 0.05) is 12.6 Å². The molecule has 0 bridgehead atoms. The normalized spacial score (nSPS) is 13.1. The summed E-state index contributed by atoms with van der Waals surface area (Å²) in [4.78, 5) is 0. The summed E-state index contributed by atoms with van der Waals surface area (Å²) in [5.74, 6) is -1.35. The van der Waals surface area contributed by atoms with E-state index in [1.807, 2.05) is 0 Å². The molecule has 3 N–H and O–H groups in total. The molecule has 0 aliphatic carbocycles. The van der Waals surface area contributed by atoms with Gasteiger partial charge in [-0.2, -0.15) is 13.2 Å². The molecule has 17 heavy (non-hydrogen) atoms. The smallest absolute Gasteiger partial charge is 0.396 e. The highest BCUT2D eigenvalue weighted by Gasteiger charge is 2.37. The zero-order chi connectivity index (χ0) is 12.3. The quantitative estimate of drug-likeness (QED) is 0.832. The van der Waals surface area contributed by atoms with Crippen molar-refractivity contribution >= 4 is 12.4 Å². The predicted octanol–water partition coefficient (Wildman–Crippen LogP) is 2.65. The Balaban J connectivity index is 0.00000256. The molecule has 0 fully saturated rings. The molecule has 0 aliphatic rings. The third kappa shape index (κ3) is 3.83. The Kier molecular flexibility index (Phi) is 5.87. The van der Waals surface area contributed by atoms with Crippen LogP contribution < -0.4 is 5.73 Å². The maximum atomic E-state index is 13.1. The van der Waals surface area contributed by atoms with Gasteiger partial charge in [-0.15, -0.1) is 12.4 Å². The van der Waals surface area contributed by atoms with E-state index in [0.717, 1.165) is 18.2 Å². The van der Waals surface area contributed by atoms with Gasteiger partial charge < -0.3 is 10.8 Å². The highest BCUT2D eigenvalue weighted by Crippen LogP contribution is 2.36. The van der Waals surface area contributed by atoms with Crippen LogP contribution in [0.1, 0.15) is 23.6 Å². The minimum Gasteiger partial charge on any atom is -0.396 e. The second-order valence-corrected chi connectivity index (χ2v) is 3.32. The van der Waals surface area contributed by atoms with Gasteiger partial charge in [-0.25, -0.2) is 4.39 Å². The minimum absolute atomic E-state index is 0. The largest absolute Gasteiger partial charge is 0.419 e. The molecule has 0 heterocycles. The lowest BCUT2D eigenvalue weighted by atomic mass is 9.98. The molecule has 0 aliphatic heterocycles. The first kappa shape index (κ1) is 16.1. The summed E-state index contributed by atoms with van der Waals surface area (Å²) < 4.78 is 50.8. The Hall–Kier alpha value is -0.850. The molecule has 2 nitrogen and oxygen atoms in total. The van der Waals surface area contributed by atoms with E-state index in [-0.39, 0.29) is 31.0 Å². The number of alkyl halides is 3. The summed E-state index contributed by atoms with van der Waals surface area (Å²) in [7, 11) is 0. The monoisotopic (exact) mass is 273 g/mol. The van der Waals surface area contributed by atoms with Crippen LogP contribution in [0.5, 0.6) is 0 Å². The molecule has 0 amide bonds. The SMILES string of the molecule is Cl.N[C@@H](CCO)c1cccc(F)c1C(F)(F)F. The fraction of sp³-hybridized carbons (Fsp3) is 0.400. The molecule has 98 valence electrons. The van der Waals surface area contributed by atoms with Gasteiger partial charge in [-0.3, -0.25) is 0 Å². The number of hydrogen-bond donors (Lipinski definition) is 2.